The van der Waals surface area contributed by atoms with Crippen LogP contribution in [0.15, 0.2) is 60.9 Å². The number of ether oxygens (including phenoxy) is 2. The number of rotatable bonds is 10. The van der Waals surface area contributed by atoms with E-state index >= 15 is 0 Å². The fraction of sp³-hybridized carbons (Fsp3) is 0.412. The Balaban J connectivity index is 1.36. The van der Waals surface area contributed by atoms with Gasteiger partial charge in [-0.3, -0.25) is 24.2 Å². The van der Waals surface area contributed by atoms with E-state index in [-0.39, 0.29) is 37.9 Å². The van der Waals surface area contributed by atoms with E-state index in [0.717, 1.165) is 16.6 Å². The van der Waals surface area contributed by atoms with E-state index < -0.39 is 31.7 Å². The fourth-order valence-corrected chi connectivity index (χ4v) is 6.47. The molecule has 2 aliphatic heterocycles. The van der Waals surface area contributed by atoms with Gasteiger partial charge in [0.05, 0.1) is 6.20 Å². The maximum Gasteiger partial charge on any atom is 0.412 e. The number of carbonyl (C=O) groups is 4. The monoisotopic (exact) mass is 646 g/mol. The maximum atomic E-state index is 13.5. The summed E-state index contributed by atoms with van der Waals surface area (Å²) >= 11 is 0. The Bertz CT molecular complexity index is 1640. The number of carboxylic acid groups (broad SMARTS) is 1. The smallest absolute Gasteiger partial charge is 0.412 e. The van der Waals surface area contributed by atoms with Crippen LogP contribution in [0.5, 0.6) is 11.5 Å². The van der Waals surface area contributed by atoms with E-state index in [4.69, 9.17) is 9.47 Å². The normalized spacial score (nSPS) is 17.0. The van der Waals surface area contributed by atoms with Crippen molar-refractivity contribution in [3.05, 3.63) is 72.1 Å². The van der Waals surface area contributed by atoms with Crippen molar-refractivity contribution in [2.75, 3.05) is 18.2 Å². The van der Waals surface area contributed by atoms with Crippen LogP contribution in [0.2, 0.25) is 25.7 Å². The molecule has 1 N–H and O–H groups in total. The highest BCUT2D eigenvalue weighted by Crippen LogP contribution is 2.40. The molecule has 4 amide bonds. The molecule has 0 saturated carbocycles. The molecule has 0 spiro atoms. The van der Waals surface area contributed by atoms with Crippen LogP contribution in [0.25, 0.3) is 5.69 Å². The minimum Gasteiger partial charge on any atom is -0.465 e. The van der Waals surface area contributed by atoms with E-state index in [0.29, 0.717) is 34.9 Å². The zero-order chi connectivity index (χ0) is 33.4. The van der Waals surface area contributed by atoms with Gasteiger partial charge in [-0.25, -0.2) is 4.79 Å². The van der Waals surface area contributed by atoms with Gasteiger partial charge in [-0.2, -0.15) is 0 Å². The number of hydrogen-bond donors (Lipinski definition) is 1. The number of amides is 4. The van der Waals surface area contributed by atoms with Crippen molar-refractivity contribution in [2.24, 2.45) is 0 Å². The van der Waals surface area contributed by atoms with Crippen LogP contribution in [-0.2, 0) is 20.9 Å². The van der Waals surface area contributed by atoms with Crippen LogP contribution < -0.4 is 9.64 Å². The van der Waals surface area contributed by atoms with Gasteiger partial charge >= 0.3 is 6.09 Å². The lowest BCUT2D eigenvalue weighted by molar-refractivity contribution is -0.158. The van der Waals surface area contributed by atoms with Gasteiger partial charge in [-0.05, 0) is 69.1 Å². The minimum atomic E-state index is -1.33. The number of para-hydroxylation sites is 1. The third-order valence-electron chi connectivity index (χ3n) is 8.14. The Kier molecular flexibility index (Phi) is 9.14. The predicted octanol–water partition coefficient (Wildman–Crippen LogP) is 6.34. The Labute approximate surface area is 270 Å². The second-order valence-electron chi connectivity index (χ2n) is 14.0. The van der Waals surface area contributed by atoms with Crippen LogP contribution in [0, 0.1) is 0 Å². The van der Waals surface area contributed by atoms with Crippen molar-refractivity contribution in [1.29, 1.82) is 0 Å². The lowest BCUT2D eigenvalue weighted by Gasteiger charge is -2.35. The van der Waals surface area contributed by atoms with Crippen LogP contribution in [0.3, 0.4) is 0 Å². The number of likely N-dealkylation sites (tertiary alicyclic amines) is 1. The van der Waals surface area contributed by atoms with Crippen molar-refractivity contribution in [3.8, 4) is 17.2 Å². The summed E-state index contributed by atoms with van der Waals surface area (Å²) in [4.78, 5) is 55.9. The first-order chi connectivity index (χ1) is 21.6. The zero-order valence-electron chi connectivity index (χ0n) is 27.3. The number of imide groups is 1. The molecule has 1 fully saturated rings. The predicted molar refractivity (Wildman–Crippen MR) is 176 cm³/mol. The Hall–Kier alpha value is -4.42. The van der Waals surface area contributed by atoms with Crippen LogP contribution in [-0.4, -0.2) is 76.3 Å². The van der Waals surface area contributed by atoms with Gasteiger partial charge in [0.25, 0.3) is 11.8 Å². The summed E-state index contributed by atoms with van der Waals surface area (Å²) in [5, 5.41) is 10.2. The molecule has 46 heavy (non-hydrogen) atoms. The Morgan fingerprint density at radius 2 is 1.76 bits per heavy atom. The van der Waals surface area contributed by atoms with E-state index in [1.54, 1.807) is 51.4 Å². The third kappa shape index (κ3) is 7.02. The minimum absolute atomic E-state index is 0.113. The molecule has 5 rings (SSSR count). The first-order valence-electron chi connectivity index (χ1n) is 15.5. The SMILES string of the molecule is CC(C)(C)N(C(=O)O)c1cn(-c2ccccc2)cc1Oc1ccc2c(c1)CN([C@H]1CCC(=O)N(COCC[Si](C)(C)C)C1=O)C2=O. The second-order valence-corrected chi connectivity index (χ2v) is 19.6. The standard InChI is InChI=1S/C34H42N4O7Si/c1-34(2,3)38(33(42)43)28-20-35(24-10-8-7-9-11-24)21-29(28)45-25-12-13-26-23(18-25)19-36(31(26)40)27-14-15-30(39)37(32(27)41)22-44-16-17-46(4,5)6/h7-13,18,20-21,27H,14-17,19,22H2,1-6H3,(H,42,43)/t27-/m0/s1. The largest absolute Gasteiger partial charge is 0.465 e. The van der Waals surface area contributed by atoms with Crippen molar-refractivity contribution in [3.63, 3.8) is 0 Å². The molecule has 3 aromatic rings. The molecule has 3 heterocycles. The average Bonchev–Trinajstić information content (AvgIpc) is 3.52. The molecule has 2 aromatic carbocycles. The molecule has 0 bridgehead atoms. The van der Waals surface area contributed by atoms with E-state index in [2.05, 4.69) is 19.6 Å². The summed E-state index contributed by atoms with van der Waals surface area (Å²) < 4.78 is 13.8. The first-order valence-corrected chi connectivity index (χ1v) is 19.2. The van der Waals surface area contributed by atoms with E-state index in [1.165, 1.54) is 9.80 Å². The number of hydrogen-bond acceptors (Lipinski definition) is 6. The van der Waals surface area contributed by atoms with E-state index in [1.807, 2.05) is 34.9 Å². The van der Waals surface area contributed by atoms with Crippen LogP contribution in [0.1, 0.15) is 49.5 Å². The molecule has 1 saturated heterocycles. The number of nitrogens with zero attached hydrogens (tertiary/aromatic N) is 4. The number of benzene rings is 2. The summed E-state index contributed by atoms with van der Waals surface area (Å²) in [6.45, 7) is 12.7. The van der Waals surface area contributed by atoms with Crippen molar-refractivity contribution in [1.82, 2.24) is 14.4 Å². The van der Waals surface area contributed by atoms with Gasteiger partial charge in [0.2, 0.25) is 5.91 Å². The molecular weight excluding hydrogens is 604 g/mol. The molecule has 244 valence electrons. The Morgan fingerprint density at radius 1 is 1.04 bits per heavy atom. The molecule has 1 atom stereocenters. The fourth-order valence-electron chi connectivity index (χ4n) is 5.71. The highest BCUT2D eigenvalue weighted by Gasteiger charge is 2.43. The summed E-state index contributed by atoms with van der Waals surface area (Å²) in [7, 11) is -1.33. The van der Waals surface area contributed by atoms with Gasteiger partial charge < -0.3 is 24.0 Å². The van der Waals surface area contributed by atoms with Gasteiger partial charge in [0, 0.05) is 50.6 Å². The van der Waals surface area contributed by atoms with Crippen molar-refractivity contribution in [2.45, 2.75) is 77.4 Å². The molecule has 1 aromatic heterocycles. The maximum absolute atomic E-state index is 13.5. The third-order valence-corrected chi connectivity index (χ3v) is 9.84. The molecule has 12 heteroatoms. The summed E-state index contributed by atoms with van der Waals surface area (Å²) in [5.74, 6) is -0.257. The summed E-state index contributed by atoms with van der Waals surface area (Å²) in [5.41, 5.74) is 1.57. The molecule has 0 radical (unpaired) electrons. The number of carbonyl (C=O) groups excluding carboxylic acids is 3. The number of aromatic nitrogens is 1. The average molecular weight is 647 g/mol. The van der Waals surface area contributed by atoms with Crippen molar-refractivity contribution < 1.29 is 33.8 Å². The first kappa shape index (κ1) is 33.0. The highest BCUT2D eigenvalue weighted by molar-refractivity contribution is 6.76. The van der Waals surface area contributed by atoms with Crippen LogP contribution >= 0.6 is 0 Å². The van der Waals surface area contributed by atoms with Gasteiger partial charge in [0.15, 0.2) is 5.75 Å². The molecular formula is C34H42N4O7Si. The highest BCUT2D eigenvalue weighted by atomic mass is 28.3. The summed E-state index contributed by atoms with van der Waals surface area (Å²) in [6, 6.07) is 14.7. The van der Waals surface area contributed by atoms with Gasteiger partial charge in [0.1, 0.15) is 24.2 Å². The number of anilines is 1. The van der Waals surface area contributed by atoms with Crippen LogP contribution in [0.4, 0.5) is 10.5 Å². The second kappa shape index (κ2) is 12.8. The lowest BCUT2D eigenvalue weighted by Crippen LogP contribution is -2.55. The molecule has 2 aliphatic rings. The number of fused-ring (bicyclic) bond motifs is 1. The van der Waals surface area contributed by atoms with Gasteiger partial charge in [-0.15, -0.1) is 0 Å². The van der Waals surface area contributed by atoms with Gasteiger partial charge in [-0.1, -0.05) is 37.8 Å². The molecule has 0 aliphatic carbocycles. The number of piperidine rings is 1. The Morgan fingerprint density at radius 3 is 2.41 bits per heavy atom. The quantitative estimate of drug-likeness (QED) is 0.155. The van der Waals surface area contributed by atoms with Crippen molar-refractivity contribution >= 4 is 37.6 Å². The summed E-state index contributed by atoms with van der Waals surface area (Å²) in [6.07, 6.45) is 2.73. The van der Waals surface area contributed by atoms with E-state index in [9.17, 15) is 24.3 Å². The molecule has 0 unspecified atom stereocenters. The topological polar surface area (TPSA) is 122 Å². The molecule has 11 nitrogen and oxygen atoms in total. The zero-order valence-corrected chi connectivity index (χ0v) is 28.3. The lowest BCUT2D eigenvalue weighted by atomic mass is 10.0.